The summed E-state index contributed by atoms with van der Waals surface area (Å²) in [6.45, 7) is 6.68. The van der Waals surface area contributed by atoms with E-state index >= 15 is 0 Å². The topological polar surface area (TPSA) is 32.5 Å². The Morgan fingerprint density at radius 3 is 2.05 bits per heavy atom. The molecule has 0 radical (unpaired) electrons. The first-order valence-corrected chi connectivity index (χ1v) is 8.13. The van der Waals surface area contributed by atoms with Gasteiger partial charge in [0.05, 0.1) is 0 Å². The highest BCUT2D eigenvalue weighted by atomic mass is 15.2. The highest BCUT2D eigenvalue weighted by molar-refractivity contribution is 5.40. The molecule has 3 heteroatoms. The maximum absolute atomic E-state index is 5.88. The van der Waals surface area contributed by atoms with Gasteiger partial charge in [-0.2, -0.15) is 0 Å². The van der Waals surface area contributed by atoms with Crippen LogP contribution < -0.4 is 5.73 Å². The van der Waals surface area contributed by atoms with Gasteiger partial charge >= 0.3 is 0 Å². The Balaban J connectivity index is 1.53. The van der Waals surface area contributed by atoms with Crippen molar-refractivity contribution in [3.05, 3.63) is 65.7 Å². The number of anilines is 1. The predicted molar refractivity (Wildman–Crippen MR) is 92.5 cm³/mol. The van der Waals surface area contributed by atoms with Crippen LogP contribution in [0.2, 0.25) is 0 Å². The van der Waals surface area contributed by atoms with Crippen LogP contribution in [0, 0.1) is 0 Å². The van der Waals surface area contributed by atoms with Gasteiger partial charge in [-0.05, 0) is 42.8 Å². The summed E-state index contributed by atoms with van der Waals surface area (Å²) in [6, 6.07) is 19.0. The van der Waals surface area contributed by atoms with Gasteiger partial charge in [-0.15, -0.1) is 0 Å². The Morgan fingerprint density at radius 1 is 0.727 bits per heavy atom. The molecule has 0 amide bonds. The largest absolute Gasteiger partial charge is 0.399 e. The number of nitrogens with zero attached hydrogens (tertiary/aromatic N) is 2. The van der Waals surface area contributed by atoms with Gasteiger partial charge in [0.1, 0.15) is 0 Å². The van der Waals surface area contributed by atoms with Crippen LogP contribution in [0.25, 0.3) is 0 Å². The van der Waals surface area contributed by atoms with Crippen LogP contribution in [-0.2, 0) is 13.1 Å². The van der Waals surface area contributed by atoms with Gasteiger partial charge in [0.25, 0.3) is 0 Å². The van der Waals surface area contributed by atoms with Crippen molar-refractivity contribution >= 4 is 5.69 Å². The second kappa shape index (κ2) is 7.43. The maximum atomic E-state index is 5.88. The van der Waals surface area contributed by atoms with E-state index in [0.717, 1.165) is 31.9 Å². The van der Waals surface area contributed by atoms with E-state index < -0.39 is 0 Å². The molecular formula is C19H25N3. The van der Waals surface area contributed by atoms with E-state index in [9.17, 15) is 0 Å². The Morgan fingerprint density at radius 2 is 1.36 bits per heavy atom. The van der Waals surface area contributed by atoms with Gasteiger partial charge in [0.15, 0.2) is 0 Å². The molecule has 116 valence electrons. The summed E-state index contributed by atoms with van der Waals surface area (Å²) in [5, 5.41) is 0. The van der Waals surface area contributed by atoms with Crippen LogP contribution in [0.5, 0.6) is 0 Å². The number of benzene rings is 2. The summed E-state index contributed by atoms with van der Waals surface area (Å²) in [6.07, 6.45) is 1.23. The van der Waals surface area contributed by atoms with Gasteiger partial charge in [-0.1, -0.05) is 42.5 Å². The van der Waals surface area contributed by atoms with E-state index in [2.05, 4.69) is 52.3 Å². The van der Waals surface area contributed by atoms with Crippen molar-refractivity contribution in [1.29, 1.82) is 0 Å². The minimum atomic E-state index is 0.859. The predicted octanol–water partition coefficient (Wildman–Crippen LogP) is 2.98. The minimum absolute atomic E-state index is 0.859. The molecule has 22 heavy (non-hydrogen) atoms. The Hall–Kier alpha value is -1.84. The second-order valence-electron chi connectivity index (χ2n) is 6.14. The van der Waals surface area contributed by atoms with E-state index in [1.54, 1.807) is 0 Å². The third-order valence-corrected chi connectivity index (χ3v) is 4.29. The Labute approximate surface area is 133 Å². The summed E-state index contributed by atoms with van der Waals surface area (Å²) in [4.78, 5) is 5.11. The van der Waals surface area contributed by atoms with Crippen LogP contribution in [0.4, 0.5) is 5.69 Å². The third-order valence-electron chi connectivity index (χ3n) is 4.29. The zero-order valence-corrected chi connectivity index (χ0v) is 13.1. The van der Waals surface area contributed by atoms with Gasteiger partial charge in [-0.3, -0.25) is 9.80 Å². The smallest absolute Gasteiger partial charge is 0.0317 e. The monoisotopic (exact) mass is 295 g/mol. The number of nitrogen functional groups attached to an aromatic ring is 1. The molecule has 0 spiro atoms. The van der Waals surface area contributed by atoms with Crippen LogP contribution in [0.3, 0.4) is 0 Å². The lowest BCUT2D eigenvalue weighted by atomic mass is 10.2. The van der Waals surface area contributed by atoms with Crippen LogP contribution in [0.1, 0.15) is 17.5 Å². The van der Waals surface area contributed by atoms with E-state index in [-0.39, 0.29) is 0 Å². The standard InChI is InChI=1S/C19H25N3/c20-19-9-4-8-18(14-19)16-22-11-5-10-21(12-13-22)15-17-6-2-1-3-7-17/h1-4,6-9,14H,5,10-13,15-16,20H2. The van der Waals surface area contributed by atoms with Crippen molar-refractivity contribution in [2.45, 2.75) is 19.5 Å². The first kappa shape index (κ1) is 15.1. The van der Waals surface area contributed by atoms with E-state index in [1.807, 2.05) is 12.1 Å². The van der Waals surface area contributed by atoms with Crippen LogP contribution in [0.15, 0.2) is 54.6 Å². The number of nitrogens with two attached hydrogens (primary N) is 1. The molecule has 0 unspecified atom stereocenters. The quantitative estimate of drug-likeness (QED) is 0.880. The van der Waals surface area contributed by atoms with Gasteiger partial charge < -0.3 is 5.73 Å². The minimum Gasteiger partial charge on any atom is -0.399 e. The molecule has 0 aromatic heterocycles. The average Bonchev–Trinajstić information content (AvgIpc) is 2.74. The van der Waals surface area contributed by atoms with Crippen molar-refractivity contribution in [3.63, 3.8) is 0 Å². The zero-order valence-electron chi connectivity index (χ0n) is 13.1. The fourth-order valence-electron chi connectivity index (χ4n) is 3.13. The summed E-state index contributed by atoms with van der Waals surface area (Å²) in [7, 11) is 0. The third kappa shape index (κ3) is 4.33. The van der Waals surface area contributed by atoms with Gasteiger partial charge in [0.2, 0.25) is 0 Å². The molecule has 1 aliphatic rings. The lowest BCUT2D eigenvalue weighted by molar-refractivity contribution is 0.247. The van der Waals surface area contributed by atoms with Crippen LogP contribution >= 0.6 is 0 Å². The van der Waals surface area contributed by atoms with E-state index in [4.69, 9.17) is 5.73 Å². The highest BCUT2D eigenvalue weighted by Crippen LogP contribution is 2.13. The number of hydrogen-bond donors (Lipinski definition) is 1. The molecule has 2 N–H and O–H groups in total. The molecule has 1 fully saturated rings. The van der Waals surface area contributed by atoms with Crippen molar-refractivity contribution in [3.8, 4) is 0 Å². The maximum Gasteiger partial charge on any atom is 0.0317 e. The molecule has 0 saturated carbocycles. The summed E-state index contributed by atoms with van der Waals surface area (Å²) in [5.74, 6) is 0. The molecule has 2 aromatic carbocycles. The number of rotatable bonds is 4. The summed E-state index contributed by atoms with van der Waals surface area (Å²) < 4.78 is 0. The molecule has 0 atom stereocenters. The lowest BCUT2D eigenvalue weighted by Crippen LogP contribution is -2.30. The first-order chi connectivity index (χ1) is 10.8. The molecule has 3 nitrogen and oxygen atoms in total. The second-order valence-corrected chi connectivity index (χ2v) is 6.14. The first-order valence-electron chi connectivity index (χ1n) is 8.13. The Bertz CT molecular complexity index is 582. The summed E-state index contributed by atoms with van der Waals surface area (Å²) >= 11 is 0. The fourth-order valence-corrected chi connectivity index (χ4v) is 3.13. The summed E-state index contributed by atoms with van der Waals surface area (Å²) in [5.41, 5.74) is 9.46. The molecular weight excluding hydrogens is 270 g/mol. The molecule has 0 aliphatic carbocycles. The molecule has 3 rings (SSSR count). The Kier molecular flexibility index (Phi) is 5.09. The molecule has 2 aromatic rings. The molecule has 0 bridgehead atoms. The van der Waals surface area contributed by atoms with Gasteiger partial charge in [0, 0.05) is 31.9 Å². The molecule has 1 heterocycles. The number of hydrogen-bond acceptors (Lipinski definition) is 3. The SMILES string of the molecule is Nc1cccc(CN2CCCN(Cc3ccccc3)CC2)c1. The highest BCUT2D eigenvalue weighted by Gasteiger charge is 2.15. The molecule has 1 aliphatic heterocycles. The van der Waals surface area contributed by atoms with Crippen molar-refractivity contribution < 1.29 is 0 Å². The van der Waals surface area contributed by atoms with Crippen molar-refractivity contribution in [2.75, 3.05) is 31.9 Å². The van der Waals surface area contributed by atoms with Crippen molar-refractivity contribution in [1.82, 2.24) is 9.80 Å². The average molecular weight is 295 g/mol. The van der Waals surface area contributed by atoms with E-state index in [1.165, 1.54) is 30.6 Å². The van der Waals surface area contributed by atoms with Crippen molar-refractivity contribution in [2.24, 2.45) is 0 Å². The zero-order chi connectivity index (χ0) is 15.2. The lowest BCUT2D eigenvalue weighted by Gasteiger charge is -2.22. The fraction of sp³-hybridized carbons (Fsp3) is 0.368. The molecule has 1 saturated heterocycles. The van der Waals surface area contributed by atoms with Crippen LogP contribution in [-0.4, -0.2) is 36.0 Å². The van der Waals surface area contributed by atoms with E-state index in [0.29, 0.717) is 0 Å². The van der Waals surface area contributed by atoms with Gasteiger partial charge in [-0.25, -0.2) is 0 Å². The normalized spacial score (nSPS) is 17.3.